The molecule has 2 aromatic heterocycles. The largest absolute Gasteiger partial charge is 0.337 e. The van der Waals surface area contributed by atoms with Crippen LogP contribution >= 0.6 is 11.6 Å². The summed E-state index contributed by atoms with van der Waals surface area (Å²) in [6.45, 7) is 0. The Morgan fingerprint density at radius 1 is 0.906 bits per heavy atom. The minimum absolute atomic E-state index is 0.323. The molecule has 0 bridgehead atoms. The highest BCUT2D eigenvalue weighted by Gasteiger charge is 2.17. The van der Waals surface area contributed by atoms with E-state index in [1.54, 1.807) is 12.3 Å². The van der Waals surface area contributed by atoms with E-state index in [0.717, 1.165) is 22.2 Å². The molecule has 0 saturated heterocycles. The summed E-state index contributed by atoms with van der Waals surface area (Å²) in [6.07, 6.45) is 1.70. The summed E-state index contributed by atoms with van der Waals surface area (Å²) in [5.74, 6) is 0.930. The molecule has 6 heteroatoms. The smallest absolute Gasteiger partial charge is 0.171 e. The summed E-state index contributed by atoms with van der Waals surface area (Å²) in [4.78, 5) is 17.2. The van der Waals surface area contributed by atoms with Gasteiger partial charge in [0.1, 0.15) is 17.3 Å². The first kappa shape index (κ1) is 19.7. The highest BCUT2D eigenvalue weighted by molar-refractivity contribution is 6.30. The maximum absolute atomic E-state index is 9.98. The lowest BCUT2D eigenvalue weighted by Crippen LogP contribution is -1.94. The van der Waals surface area contributed by atoms with Gasteiger partial charge in [-0.25, -0.2) is 15.0 Å². The third-order valence-electron chi connectivity index (χ3n) is 5.02. The molecule has 0 aliphatic heterocycles. The molecular weight excluding hydrogens is 418 g/mol. The van der Waals surface area contributed by atoms with Crippen LogP contribution in [0.3, 0.4) is 0 Å². The zero-order chi connectivity index (χ0) is 21.9. The maximum Gasteiger partial charge on any atom is 0.171 e. The van der Waals surface area contributed by atoms with Gasteiger partial charge in [0.15, 0.2) is 11.6 Å². The number of aromatic nitrogens is 3. The van der Waals surface area contributed by atoms with E-state index in [0.29, 0.717) is 33.5 Å². The molecule has 0 aliphatic rings. The number of halogens is 1. The number of hydrogen-bond donors (Lipinski definition) is 1. The number of hydrogen-bond acceptors (Lipinski definition) is 4. The third kappa shape index (κ3) is 3.87. The molecule has 0 fully saturated rings. The van der Waals surface area contributed by atoms with Gasteiger partial charge < -0.3 is 4.98 Å². The Hall–Kier alpha value is -4.27. The van der Waals surface area contributed by atoms with E-state index in [1.165, 1.54) is 0 Å². The van der Waals surface area contributed by atoms with E-state index >= 15 is 0 Å². The summed E-state index contributed by atoms with van der Waals surface area (Å²) in [6, 6.07) is 29.0. The molecule has 0 unspecified atom stereocenters. The zero-order valence-corrected chi connectivity index (χ0v) is 17.6. The predicted octanol–water partition coefficient (Wildman–Crippen LogP) is 6.57. The number of nitrogens with zero attached hydrogens (tertiary/aromatic N) is 4. The van der Waals surface area contributed by atoms with E-state index in [-0.39, 0.29) is 0 Å². The Morgan fingerprint density at radius 3 is 2.50 bits per heavy atom. The highest BCUT2D eigenvalue weighted by Crippen LogP contribution is 2.34. The van der Waals surface area contributed by atoms with Gasteiger partial charge >= 0.3 is 0 Å². The number of para-hydroxylation sites is 2. The lowest BCUT2D eigenvalue weighted by atomic mass is 10.00. The number of H-pyrrole nitrogens is 1. The van der Waals surface area contributed by atoms with Crippen LogP contribution in [0.4, 0.5) is 5.82 Å². The first-order chi connectivity index (χ1) is 15.7. The van der Waals surface area contributed by atoms with Crippen molar-refractivity contribution < 1.29 is 0 Å². The van der Waals surface area contributed by atoms with Crippen molar-refractivity contribution in [1.82, 2.24) is 15.0 Å². The topological polar surface area (TPSA) is 77.7 Å². The van der Waals surface area contributed by atoms with Crippen molar-refractivity contribution >= 4 is 34.7 Å². The zero-order valence-electron chi connectivity index (χ0n) is 16.8. The summed E-state index contributed by atoms with van der Waals surface area (Å²) in [5.41, 5.74) is 5.14. The lowest BCUT2D eigenvalue weighted by Gasteiger charge is -2.09. The second kappa shape index (κ2) is 8.46. The van der Waals surface area contributed by atoms with Crippen molar-refractivity contribution in [2.24, 2.45) is 4.99 Å². The molecule has 0 radical (unpaired) electrons. The van der Waals surface area contributed by atoms with Gasteiger partial charge in [0.2, 0.25) is 0 Å². The molecular formula is C26H16ClN5. The number of fused-ring (bicyclic) bond motifs is 1. The average Bonchev–Trinajstić information content (AvgIpc) is 3.27. The SMILES string of the molecule is N#Cc1c(-c2cccc(Cl)c2)cc(-c2nc3ccccc3[nH]2)nc1N=Cc1ccccc1. The molecule has 0 saturated carbocycles. The van der Waals surface area contributed by atoms with Gasteiger partial charge in [0.25, 0.3) is 0 Å². The van der Waals surface area contributed by atoms with Crippen LogP contribution in [0.15, 0.2) is 89.9 Å². The minimum atomic E-state index is 0.323. The summed E-state index contributed by atoms with van der Waals surface area (Å²) in [7, 11) is 0. The normalized spacial score (nSPS) is 11.1. The summed E-state index contributed by atoms with van der Waals surface area (Å²) >= 11 is 6.23. The second-order valence-electron chi connectivity index (χ2n) is 7.15. The molecule has 32 heavy (non-hydrogen) atoms. The van der Waals surface area contributed by atoms with Crippen LogP contribution in [-0.4, -0.2) is 21.2 Å². The Kier molecular flexibility index (Phi) is 5.20. The second-order valence-corrected chi connectivity index (χ2v) is 7.58. The fourth-order valence-corrected chi connectivity index (χ4v) is 3.68. The van der Waals surface area contributed by atoms with Gasteiger partial charge in [-0.15, -0.1) is 0 Å². The fraction of sp³-hybridized carbons (Fsp3) is 0. The predicted molar refractivity (Wildman–Crippen MR) is 128 cm³/mol. The van der Waals surface area contributed by atoms with Crippen molar-refractivity contribution in [3.05, 3.63) is 101 Å². The minimum Gasteiger partial charge on any atom is -0.337 e. The molecule has 5 rings (SSSR count). The van der Waals surface area contributed by atoms with E-state index in [9.17, 15) is 5.26 Å². The third-order valence-corrected chi connectivity index (χ3v) is 5.25. The van der Waals surface area contributed by atoms with Crippen molar-refractivity contribution in [2.75, 3.05) is 0 Å². The van der Waals surface area contributed by atoms with Gasteiger partial charge in [-0.1, -0.05) is 66.2 Å². The summed E-state index contributed by atoms with van der Waals surface area (Å²) < 4.78 is 0. The number of aliphatic imine (C=N–C) groups is 1. The number of benzene rings is 3. The molecule has 0 aliphatic carbocycles. The standard InChI is InChI=1S/C26H16ClN5/c27-19-10-6-9-18(13-19)20-14-24(26-30-22-11-4-5-12-23(22)31-26)32-25(21(20)15-28)29-16-17-7-2-1-3-8-17/h1-14,16H,(H,30,31). The van der Waals surface area contributed by atoms with Crippen molar-refractivity contribution in [3.63, 3.8) is 0 Å². The van der Waals surface area contributed by atoms with Crippen LogP contribution in [0.25, 0.3) is 33.7 Å². The molecule has 5 nitrogen and oxygen atoms in total. The Labute approximate surface area is 189 Å². The van der Waals surface area contributed by atoms with E-state index in [4.69, 9.17) is 11.6 Å². The van der Waals surface area contributed by atoms with Crippen molar-refractivity contribution in [2.45, 2.75) is 0 Å². The van der Waals surface area contributed by atoms with Crippen LogP contribution in [-0.2, 0) is 0 Å². The number of nitrogens with one attached hydrogen (secondary N) is 1. The lowest BCUT2D eigenvalue weighted by molar-refractivity contribution is 1.21. The average molecular weight is 434 g/mol. The molecule has 0 atom stereocenters. The number of nitriles is 1. The molecule has 1 N–H and O–H groups in total. The van der Waals surface area contributed by atoms with Crippen LogP contribution < -0.4 is 0 Å². The van der Waals surface area contributed by atoms with Crippen LogP contribution in [0, 0.1) is 11.3 Å². The molecule has 0 spiro atoms. The number of imidazole rings is 1. The molecule has 152 valence electrons. The Morgan fingerprint density at radius 2 is 1.72 bits per heavy atom. The molecule has 5 aromatic rings. The first-order valence-corrected chi connectivity index (χ1v) is 10.3. The van der Waals surface area contributed by atoms with Gasteiger partial charge in [-0.2, -0.15) is 5.26 Å². The number of pyridine rings is 1. The number of aromatic amines is 1. The molecule has 2 heterocycles. The molecule has 3 aromatic carbocycles. The molecule has 0 amide bonds. The van der Waals surface area contributed by atoms with Crippen molar-refractivity contribution in [1.29, 1.82) is 5.26 Å². The Bertz CT molecular complexity index is 1460. The number of rotatable bonds is 4. The van der Waals surface area contributed by atoms with E-state index in [1.807, 2.05) is 78.9 Å². The van der Waals surface area contributed by atoms with E-state index < -0.39 is 0 Å². The Balaban J connectivity index is 1.72. The maximum atomic E-state index is 9.98. The van der Waals surface area contributed by atoms with E-state index in [2.05, 4.69) is 26.0 Å². The van der Waals surface area contributed by atoms with Gasteiger partial charge in [-0.3, -0.25) is 0 Å². The fourth-order valence-electron chi connectivity index (χ4n) is 3.49. The van der Waals surface area contributed by atoms with Crippen LogP contribution in [0.1, 0.15) is 11.1 Å². The highest BCUT2D eigenvalue weighted by atomic mass is 35.5. The van der Waals surface area contributed by atoms with Gasteiger partial charge in [0, 0.05) is 16.8 Å². The van der Waals surface area contributed by atoms with Crippen molar-refractivity contribution in [3.8, 4) is 28.7 Å². The van der Waals surface area contributed by atoms with Gasteiger partial charge in [0.05, 0.1) is 11.0 Å². The monoisotopic (exact) mass is 433 g/mol. The first-order valence-electron chi connectivity index (χ1n) is 9.96. The van der Waals surface area contributed by atoms with Gasteiger partial charge in [-0.05, 0) is 41.5 Å². The summed E-state index contributed by atoms with van der Waals surface area (Å²) in [5, 5.41) is 10.6. The van der Waals surface area contributed by atoms with Crippen LogP contribution in [0.5, 0.6) is 0 Å². The van der Waals surface area contributed by atoms with Crippen LogP contribution in [0.2, 0.25) is 5.02 Å². The quantitative estimate of drug-likeness (QED) is 0.325.